The summed E-state index contributed by atoms with van der Waals surface area (Å²) in [5, 5.41) is 20.2. The molecule has 12 heteroatoms. The number of hydrogen-bond acceptors (Lipinski definition) is 6. The molecule has 184 valence electrons. The summed E-state index contributed by atoms with van der Waals surface area (Å²) in [4.78, 5) is 28.4. The van der Waals surface area contributed by atoms with Crippen LogP contribution in [0.5, 0.6) is 0 Å². The van der Waals surface area contributed by atoms with Crippen LogP contribution in [0, 0.1) is 30.9 Å². The third-order valence-corrected chi connectivity index (χ3v) is 5.96. The monoisotopic (exact) mass is 488 g/mol. The zero-order valence-corrected chi connectivity index (χ0v) is 19.3. The van der Waals surface area contributed by atoms with Crippen molar-refractivity contribution < 1.29 is 22.9 Å². The average molecular weight is 488 g/mol. The number of alkyl halides is 3. The molecule has 2 heterocycles. The number of aryl methyl sites for hydroxylation is 3. The van der Waals surface area contributed by atoms with E-state index in [0.717, 1.165) is 28.9 Å². The first kappa shape index (κ1) is 24.2. The Labute approximate surface area is 198 Å². The number of nitrogens with zero attached hydrogens (tertiary/aromatic N) is 6. The van der Waals surface area contributed by atoms with Crippen molar-refractivity contribution >= 4 is 17.3 Å². The molecule has 4 rings (SSSR count). The number of carbonyl (C=O) groups excluding carboxylic acids is 1. The van der Waals surface area contributed by atoms with E-state index in [9.17, 15) is 28.1 Å². The van der Waals surface area contributed by atoms with Crippen LogP contribution in [0.3, 0.4) is 0 Å². The Morgan fingerprint density at radius 3 is 2.23 bits per heavy atom. The summed E-state index contributed by atoms with van der Waals surface area (Å²) in [6.07, 6.45) is -4.68. The van der Waals surface area contributed by atoms with Crippen LogP contribution in [0.2, 0.25) is 0 Å². The van der Waals surface area contributed by atoms with E-state index in [1.165, 1.54) is 4.80 Å². The molecule has 3 aromatic rings. The smallest absolute Gasteiger partial charge is 0.362 e. The number of benzene rings is 2. The molecule has 0 radical (unpaired) electrons. The molecule has 0 spiro atoms. The molecule has 1 aliphatic rings. The van der Waals surface area contributed by atoms with Crippen LogP contribution < -0.4 is 4.90 Å². The summed E-state index contributed by atoms with van der Waals surface area (Å²) >= 11 is 0. The minimum atomic E-state index is -4.68. The summed E-state index contributed by atoms with van der Waals surface area (Å²) in [5.41, 5.74) is 1.89. The van der Waals surface area contributed by atoms with Gasteiger partial charge < -0.3 is 9.80 Å². The molecule has 0 aliphatic carbocycles. The van der Waals surface area contributed by atoms with Crippen LogP contribution in [0.1, 0.15) is 32.9 Å². The van der Waals surface area contributed by atoms with Crippen molar-refractivity contribution in [1.29, 1.82) is 0 Å². The highest BCUT2D eigenvalue weighted by Crippen LogP contribution is 2.36. The molecule has 0 atom stereocenters. The van der Waals surface area contributed by atoms with E-state index in [1.54, 1.807) is 16.7 Å². The van der Waals surface area contributed by atoms with E-state index < -0.39 is 22.4 Å². The number of carbonyl (C=O) groups is 1. The molecule has 1 aliphatic heterocycles. The zero-order chi connectivity index (χ0) is 25.5. The summed E-state index contributed by atoms with van der Waals surface area (Å²) in [5.74, 6) is -0.319. The molecule has 9 nitrogen and oxygen atoms in total. The Hall–Kier alpha value is -3.96. The summed E-state index contributed by atoms with van der Waals surface area (Å²) in [6, 6.07) is 8.29. The fraction of sp³-hybridized carbons (Fsp3) is 0.348. The maximum atomic E-state index is 13.1. The largest absolute Gasteiger partial charge is 0.416 e. The van der Waals surface area contributed by atoms with E-state index in [1.807, 2.05) is 32.0 Å². The SMILES string of the molecule is Cc1ccc(-n2nc(C)c(C(=O)N3CCN(c4ccc(C(F)(F)F)cc4[N+](=O)[O-])CC3)n2)c(C)c1. The Bertz CT molecular complexity index is 1300. The number of nitro groups is 1. The second kappa shape index (κ2) is 9.01. The van der Waals surface area contributed by atoms with Gasteiger partial charge in [-0.05, 0) is 44.5 Å². The molecular formula is C23H23F3N6O3. The molecule has 0 saturated carbocycles. The second-order valence-corrected chi connectivity index (χ2v) is 8.45. The first-order valence-electron chi connectivity index (χ1n) is 10.9. The van der Waals surface area contributed by atoms with Gasteiger partial charge in [0.2, 0.25) is 0 Å². The highest BCUT2D eigenvalue weighted by atomic mass is 19.4. The average Bonchev–Trinajstić information content (AvgIpc) is 3.18. The lowest BCUT2D eigenvalue weighted by molar-refractivity contribution is -0.384. The molecule has 0 bridgehead atoms. The number of anilines is 1. The van der Waals surface area contributed by atoms with Crippen molar-refractivity contribution in [1.82, 2.24) is 19.9 Å². The lowest BCUT2D eigenvalue weighted by Gasteiger charge is -2.35. The van der Waals surface area contributed by atoms with Crippen LogP contribution in [-0.4, -0.2) is 56.9 Å². The molecule has 1 saturated heterocycles. The van der Waals surface area contributed by atoms with Gasteiger partial charge in [0.05, 0.1) is 21.9 Å². The second-order valence-electron chi connectivity index (χ2n) is 8.45. The van der Waals surface area contributed by atoms with Crippen LogP contribution in [-0.2, 0) is 6.18 Å². The van der Waals surface area contributed by atoms with Gasteiger partial charge in [0.1, 0.15) is 5.69 Å². The number of rotatable bonds is 4. The number of nitro benzene ring substituents is 1. The van der Waals surface area contributed by atoms with Gasteiger partial charge in [-0.15, -0.1) is 5.10 Å². The maximum Gasteiger partial charge on any atom is 0.416 e. The van der Waals surface area contributed by atoms with Crippen molar-refractivity contribution in [3.8, 4) is 5.69 Å². The predicted octanol–water partition coefficient (Wildman–Crippen LogP) is 4.08. The van der Waals surface area contributed by atoms with E-state index in [0.29, 0.717) is 11.8 Å². The number of hydrogen-bond donors (Lipinski definition) is 0. The topological polar surface area (TPSA) is 97.4 Å². The lowest BCUT2D eigenvalue weighted by Crippen LogP contribution is -2.49. The van der Waals surface area contributed by atoms with Gasteiger partial charge in [0, 0.05) is 32.2 Å². The predicted molar refractivity (Wildman–Crippen MR) is 122 cm³/mol. The van der Waals surface area contributed by atoms with Crippen molar-refractivity contribution in [2.24, 2.45) is 0 Å². The Balaban J connectivity index is 1.50. The van der Waals surface area contributed by atoms with Crippen molar-refractivity contribution in [2.45, 2.75) is 26.9 Å². The van der Waals surface area contributed by atoms with E-state index in [2.05, 4.69) is 10.2 Å². The zero-order valence-electron chi connectivity index (χ0n) is 19.3. The van der Waals surface area contributed by atoms with Crippen molar-refractivity contribution in [2.75, 3.05) is 31.1 Å². The highest BCUT2D eigenvalue weighted by Gasteiger charge is 2.35. The fourth-order valence-electron chi connectivity index (χ4n) is 4.13. The first-order chi connectivity index (χ1) is 16.5. The maximum absolute atomic E-state index is 13.1. The van der Waals surface area contributed by atoms with Gasteiger partial charge in [-0.25, -0.2) is 0 Å². The summed E-state index contributed by atoms with van der Waals surface area (Å²) in [6.45, 7) is 6.51. The molecule has 0 unspecified atom stereocenters. The van der Waals surface area contributed by atoms with Gasteiger partial charge in [0.25, 0.3) is 11.6 Å². The number of aromatic nitrogens is 3. The fourth-order valence-corrected chi connectivity index (χ4v) is 4.13. The highest BCUT2D eigenvalue weighted by molar-refractivity contribution is 5.93. The standard InChI is InChI=1S/C23H23F3N6O3/c1-14-4-6-18(15(2)12-14)31-27-16(3)21(28-31)22(33)30-10-8-29(9-11-30)19-7-5-17(23(24,25)26)13-20(19)32(34)35/h4-7,12-13H,8-11H2,1-3H3. The number of amides is 1. The van der Waals surface area contributed by atoms with E-state index in [4.69, 9.17) is 0 Å². The van der Waals surface area contributed by atoms with Crippen LogP contribution in [0.4, 0.5) is 24.5 Å². The van der Waals surface area contributed by atoms with Gasteiger partial charge in [0.15, 0.2) is 5.69 Å². The Kier molecular flexibility index (Phi) is 6.22. The summed E-state index contributed by atoms with van der Waals surface area (Å²) < 4.78 is 39.0. The van der Waals surface area contributed by atoms with Gasteiger partial charge in [-0.3, -0.25) is 14.9 Å². The van der Waals surface area contributed by atoms with E-state index >= 15 is 0 Å². The minimum Gasteiger partial charge on any atom is -0.362 e. The van der Waals surface area contributed by atoms with Crippen LogP contribution in [0.25, 0.3) is 5.69 Å². The molecule has 1 fully saturated rings. The quantitative estimate of drug-likeness (QED) is 0.406. The number of piperazine rings is 1. The molecular weight excluding hydrogens is 465 g/mol. The third-order valence-electron chi connectivity index (χ3n) is 5.96. The van der Waals surface area contributed by atoms with Crippen molar-refractivity contribution in [3.05, 3.63) is 74.6 Å². The molecule has 2 aromatic carbocycles. The first-order valence-corrected chi connectivity index (χ1v) is 10.9. The Morgan fingerprint density at radius 1 is 0.971 bits per heavy atom. The van der Waals surface area contributed by atoms with Gasteiger partial charge >= 0.3 is 6.18 Å². The molecule has 0 N–H and O–H groups in total. The third kappa shape index (κ3) is 4.81. The minimum absolute atomic E-state index is 0.0899. The Morgan fingerprint density at radius 2 is 1.63 bits per heavy atom. The molecule has 1 amide bonds. The number of halogens is 3. The molecule has 1 aromatic heterocycles. The van der Waals surface area contributed by atoms with Crippen LogP contribution in [0.15, 0.2) is 36.4 Å². The van der Waals surface area contributed by atoms with Crippen LogP contribution >= 0.6 is 0 Å². The van der Waals surface area contributed by atoms with Gasteiger partial charge in [-0.2, -0.15) is 23.1 Å². The molecule has 35 heavy (non-hydrogen) atoms. The van der Waals surface area contributed by atoms with Crippen molar-refractivity contribution in [3.63, 3.8) is 0 Å². The van der Waals surface area contributed by atoms with E-state index in [-0.39, 0.29) is 43.5 Å². The summed E-state index contributed by atoms with van der Waals surface area (Å²) in [7, 11) is 0. The normalized spacial score (nSPS) is 14.3. The lowest BCUT2D eigenvalue weighted by atomic mass is 10.1. The van der Waals surface area contributed by atoms with Gasteiger partial charge in [-0.1, -0.05) is 17.7 Å².